The number of nitrogens with one attached hydrogen (secondary N) is 1. The van der Waals surface area contributed by atoms with Gasteiger partial charge in [0.25, 0.3) is 0 Å². The molecule has 76 valence electrons. The molecule has 0 saturated heterocycles. The van der Waals surface area contributed by atoms with Crippen LogP contribution in [0.3, 0.4) is 0 Å². The van der Waals surface area contributed by atoms with E-state index in [0.29, 0.717) is 0 Å². The molecule has 1 aromatic heterocycles. The van der Waals surface area contributed by atoms with Gasteiger partial charge in [-0.25, -0.2) is 9.97 Å². The first-order chi connectivity index (χ1) is 6.68. The van der Waals surface area contributed by atoms with Gasteiger partial charge in [-0.15, -0.1) is 0 Å². The van der Waals surface area contributed by atoms with Crippen LogP contribution in [-0.2, 0) is 0 Å². The second kappa shape index (κ2) is 3.56. The molecule has 1 saturated carbocycles. The Bertz CT molecular complexity index is 291. The summed E-state index contributed by atoms with van der Waals surface area (Å²) in [7, 11) is 0. The van der Waals surface area contributed by atoms with Crippen LogP contribution < -0.4 is 5.32 Å². The van der Waals surface area contributed by atoms with E-state index in [-0.39, 0.29) is 5.54 Å². The molecule has 0 atom stereocenters. The molecule has 1 aromatic rings. The molecule has 2 rings (SSSR count). The second-order valence-corrected chi connectivity index (χ2v) is 4.57. The second-order valence-electron chi connectivity index (χ2n) is 4.57. The van der Waals surface area contributed by atoms with Gasteiger partial charge in [0.2, 0.25) is 0 Å². The fraction of sp³-hybridized carbons (Fsp3) is 0.636. The number of nitrogens with zero attached hydrogens (tertiary/aromatic N) is 2. The molecule has 1 fully saturated rings. The fourth-order valence-corrected chi connectivity index (χ4v) is 1.93. The van der Waals surface area contributed by atoms with Gasteiger partial charge in [-0.3, -0.25) is 0 Å². The van der Waals surface area contributed by atoms with Crippen molar-refractivity contribution in [2.45, 2.75) is 38.6 Å². The molecule has 0 unspecified atom stereocenters. The van der Waals surface area contributed by atoms with E-state index in [2.05, 4.69) is 29.1 Å². The van der Waals surface area contributed by atoms with Gasteiger partial charge in [0.1, 0.15) is 12.1 Å². The maximum absolute atomic E-state index is 4.18. The lowest BCUT2D eigenvalue weighted by Gasteiger charge is -2.41. The maximum Gasteiger partial charge on any atom is 0.129 e. The molecule has 0 spiro atoms. The SMILES string of the molecule is CC(C)(Nc1ccncn1)C1CCC1. The van der Waals surface area contributed by atoms with Crippen LogP contribution in [0.2, 0.25) is 0 Å². The van der Waals surface area contributed by atoms with Crippen LogP contribution in [0.5, 0.6) is 0 Å². The number of hydrogen-bond acceptors (Lipinski definition) is 3. The van der Waals surface area contributed by atoms with Gasteiger partial charge in [0, 0.05) is 11.7 Å². The van der Waals surface area contributed by atoms with Crippen molar-refractivity contribution in [3.05, 3.63) is 18.6 Å². The minimum atomic E-state index is 0.159. The van der Waals surface area contributed by atoms with Crippen molar-refractivity contribution in [2.75, 3.05) is 5.32 Å². The summed E-state index contributed by atoms with van der Waals surface area (Å²) < 4.78 is 0. The standard InChI is InChI=1S/C11H17N3/c1-11(2,9-4-3-5-9)14-10-6-7-12-8-13-10/h6-9H,3-5H2,1-2H3,(H,12,13,14). The summed E-state index contributed by atoms with van der Waals surface area (Å²) in [4.78, 5) is 8.09. The van der Waals surface area contributed by atoms with E-state index >= 15 is 0 Å². The third-order valence-electron chi connectivity index (χ3n) is 3.16. The summed E-state index contributed by atoms with van der Waals surface area (Å²) in [5, 5.41) is 3.47. The Morgan fingerprint density at radius 1 is 1.43 bits per heavy atom. The molecule has 14 heavy (non-hydrogen) atoms. The zero-order chi connectivity index (χ0) is 10.0. The van der Waals surface area contributed by atoms with Crippen molar-refractivity contribution in [1.29, 1.82) is 0 Å². The van der Waals surface area contributed by atoms with Crippen LogP contribution in [0.1, 0.15) is 33.1 Å². The van der Waals surface area contributed by atoms with Gasteiger partial charge in [0.05, 0.1) is 0 Å². The molecular weight excluding hydrogens is 174 g/mol. The summed E-state index contributed by atoms with van der Waals surface area (Å²) in [6.07, 6.45) is 7.40. The fourth-order valence-electron chi connectivity index (χ4n) is 1.93. The maximum atomic E-state index is 4.18. The summed E-state index contributed by atoms with van der Waals surface area (Å²) in [5.41, 5.74) is 0.159. The summed E-state index contributed by atoms with van der Waals surface area (Å²) >= 11 is 0. The van der Waals surface area contributed by atoms with E-state index in [0.717, 1.165) is 11.7 Å². The number of hydrogen-bond donors (Lipinski definition) is 1. The van der Waals surface area contributed by atoms with Crippen LogP contribution in [0, 0.1) is 5.92 Å². The average Bonchev–Trinajstić information content (AvgIpc) is 2.00. The van der Waals surface area contributed by atoms with E-state index in [9.17, 15) is 0 Å². The zero-order valence-electron chi connectivity index (χ0n) is 8.83. The predicted molar refractivity (Wildman–Crippen MR) is 57.1 cm³/mol. The summed E-state index contributed by atoms with van der Waals surface area (Å²) in [6, 6.07) is 1.92. The third kappa shape index (κ3) is 1.86. The highest BCUT2D eigenvalue weighted by Gasteiger charge is 2.33. The lowest BCUT2D eigenvalue weighted by atomic mass is 9.72. The number of rotatable bonds is 3. The first-order valence-electron chi connectivity index (χ1n) is 5.23. The summed E-state index contributed by atoms with van der Waals surface area (Å²) in [5.74, 6) is 1.72. The van der Waals surface area contributed by atoms with Crippen molar-refractivity contribution in [3.63, 3.8) is 0 Å². The monoisotopic (exact) mass is 191 g/mol. The Morgan fingerprint density at radius 2 is 2.21 bits per heavy atom. The van der Waals surface area contributed by atoms with E-state index in [1.165, 1.54) is 19.3 Å². The molecule has 0 aliphatic heterocycles. The lowest BCUT2D eigenvalue weighted by molar-refractivity contribution is 0.215. The van der Waals surface area contributed by atoms with Gasteiger partial charge in [0.15, 0.2) is 0 Å². The molecular formula is C11H17N3. The van der Waals surface area contributed by atoms with Crippen molar-refractivity contribution in [2.24, 2.45) is 5.92 Å². The van der Waals surface area contributed by atoms with E-state index in [1.54, 1.807) is 12.5 Å². The van der Waals surface area contributed by atoms with Crippen molar-refractivity contribution in [1.82, 2.24) is 9.97 Å². The van der Waals surface area contributed by atoms with Gasteiger partial charge in [-0.05, 0) is 38.7 Å². The van der Waals surface area contributed by atoms with Crippen LogP contribution in [-0.4, -0.2) is 15.5 Å². The van der Waals surface area contributed by atoms with Crippen molar-refractivity contribution < 1.29 is 0 Å². The molecule has 1 heterocycles. The smallest absolute Gasteiger partial charge is 0.129 e. The molecule has 1 aliphatic carbocycles. The minimum absolute atomic E-state index is 0.159. The molecule has 0 radical (unpaired) electrons. The van der Waals surface area contributed by atoms with Gasteiger partial charge < -0.3 is 5.32 Å². The van der Waals surface area contributed by atoms with Crippen LogP contribution in [0.15, 0.2) is 18.6 Å². The topological polar surface area (TPSA) is 37.8 Å². The highest BCUT2D eigenvalue weighted by atomic mass is 15.1. The Kier molecular flexibility index (Phi) is 2.40. The van der Waals surface area contributed by atoms with Crippen LogP contribution in [0.4, 0.5) is 5.82 Å². The van der Waals surface area contributed by atoms with E-state index in [1.807, 2.05) is 6.07 Å². The first-order valence-corrected chi connectivity index (χ1v) is 5.23. The Balaban J connectivity index is 2.02. The third-order valence-corrected chi connectivity index (χ3v) is 3.16. The van der Waals surface area contributed by atoms with Crippen LogP contribution >= 0.6 is 0 Å². The molecule has 3 nitrogen and oxygen atoms in total. The molecule has 0 bridgehead atoms. The molecule has 1 aliphatic rings. The first kappa shape index (κ1) is 9.44. The summed E-state index contributed by atoms with van der Waals surface area (Å²) in [6.45, 7) is 4.50. The van der Waals surface area contributed by atoms with Gasteiger partial charge in [-0.1, -0.05) is 6.42 Å². The highest BCUT2D eigenvalue weighted by Crippen LogP contribution is 2.37. The average molecular weight is 191 g/mol. The number of anilines is 1. The molecule has 0 amide bonds. The highest BCUT2D eigenvalue weighted by molar-refractivity contribution is 5.35. The van der Waals surface area contributed by atoms with Crippen molar-refractivity contribution >= 4 is 5.82 Å². The van der Waals surface area contributed by atoms with Gasteiger partial charge >= 0.3 is 0 Å². The largest absolute Gasteiger partial charge is 0.365 e. The Labute approximate surface area is 85.0 Å². The Morgan fingerprint density at radius 3 is 2.71 bits per heavy atom. The normalized spacial score (nSPS) is 17.6. The van der Waals surface area contributed by atoms with Gasteiger partial charge in [-0.2, -0.15) is 0 Å². The van der Waals surface area contributed by atoms with Crippen LogP contribution in [0.25, 0.3) is 0 Å². The van der Waals surface area contributed by atoms with E-state index < -0.39 is 0 Å². The molecule has 3 heteroatoms. The molecule has 0 aromatic carbocycles. The quantitative estimate of drug-likeness (QED) is 0.797. The molecule has 1 N–H and O–H groups in total. The van der Waals surface area contributed by atoms with E-state index in [4.69, 9.17) is 0 Å². The predicted octanol–water partition coefficient (Wildman–Crippen LogP) is 2.47. The number of aromatic nitrogens is 2. The Hall–Kier alpha value is -1.12. The van der Waals surface area contributed by atoms with Crippen molar-refractivity contribution in [3.8, 4) is 0 Å². The minimum Gasteiger partial charge on any atom is -0.365 e. The lowest BCUT2D eigenvalue weighted by Crippen LogP contribution is -2.43. The zero-order valence-corrected chi connectivity index (χ0v) is 8.83.